The summed E-state index contributed by atoms with van der Waals surface area (Å²) in [6, 6.07) is 8.16. The topological polar surface area (TPSA) is 69.0 Å². The minimum absolute atomic E-state index is 0.0300. The van der Waals surface area contributed by atoms with Gasteiger partial charge in [-0.15, -0.1) is 5.10 Å². The molecule has 1 heterocycles. The molecule has 0 fully saturated rings. The maximum Gasteiger partial charge on any atom is 0.387 e. The number of aromatic nitrogens is 3. The summed E-state index contributed by atoms with van der Waals surface area (Å²) in [5, 5.41) is 9.95. The third-order valence-electron chi connectivity index (χ3n) is 3.54. The van der Waals surface area contributed by atoms with E-state index in [4.69, 9.17) is 0 Å². The van der Waals surface area contributed by atoms with Gasteiger partial charge in [0.05, 0.1) is 11.4 Å². The lowest BCUT2D eigenvalue weighted by atomic mass is 10.2. The number of carbonyl (C=O) groups is 1. The van der Waals surface area contributed by atoms with E-state index < -0.39 is 24.2 Å². The van der Waals surface area contributed by atoms with Crippen molar-refractivity contribution in [3.05, 3.63) is 65.5 Å². The Bertz CT molecular complexity index is 953. The van der Waals surface area contributed by atoms with Crippen molar-refractivity contribution in [1.29, 1.82) is 0 Å². The lowest BCUT2D eigenvalue weighted by Crippen LogP contribution is -2.14. The second-order valence-electron chi connectivity index (χ2n) is 5.42. The Balaban J connectivity index is 1.81. The Morgan fingerprint density at radius 3 is 2.33 bits per heavy atom. The summed E-state index contributed by atoms with van der Waals surface area (Å²) < 4.78 is 56.4. The average Bonchev–Trinajstić information content (AvgIpc) is 2.96. The van der Waals surface area contributed by atoms with E-state index in [1.165, 1.54) is 28.9 Å². The standard InChI is InChI=1S/C17H12F4N4O2/c1-9-15(16(26)22-12-7-10(18)6-11(19)8-12)23-24-25(9)13-2-4-14(5-3-13)27-17(20)21/h2-8,17H,1H3,(H,22,26). The van der Waals surface area contributed by atoms with Gasteiger partial charge in [0.15, 0.2) is 5.69 Å². The molecule has 1 N–H and O–H groups in total. The van der Waals surface area contributed by atoms with Crippen LogP contribution < -0.4 is 10.1 Å². The second kappa shape index (κ2) is 7.44. The van der Waals surface area contributed by atoms with Crippen LogP contribution in [0.4, 0.5) is 23.2 Å². The normalized spacial score (nSPS) is 10.9. The van der Waals surface area contributed by atoms with Crippen molar-refractivity contribution in [3.63, 3.8) is 0 Å². The zero-order chi connectivity index (χ0) is 19.6. The first-order chi connectivity index (χ1) is 12.8. The van der Waals surface area contributed by atoms with Crippen LogP contribution in [0.1, 0.15) is 16.2 Å². The van der Waals surface area contributed by atoms with Crippen molar-refractivity contribution in [2.24, 2.45) is 0 Å². The Hall–Kier alpha value is -3.43. The van der Waals surface area contributed by atoms with Crippen molar-refractivity contribution in [3.8, 4) is 11.4 Å². The van der Waals surface area contributed by atoms with Gasteiger partial charge in [0.1, 0.15) is 17.4 Å². The van der Waals surface area contributed by atoms with Crippen molar-refractivity contribution in [1.82, 2.24) is 15.0 Å². The zero-order valence-corrected chi connectivity index (χ0v) is 13.8. The molecule has 0 aliphatic rings. The van der Waals surface area contributed by atoms with Crippen molar-refractivity contribution >= 4 is 11.6 Å². The van der Waals surface area contributed by atoms with Gasteiger partial charge < -0.3 is 10.1 Å². The molecule has 6 nitrogen and oxygen atoms in total. The van der Waals surface area contributed by atoms with Gasteiger partial charge in [-0.05, 0) is 43.3 Å². The van der Waals surface area contributed by atoms with Crippen LogP contribution >= 0.6 is 0 Å². The first-order valence-corrected chi connectivity index (χ1v) is 7.58. The van der Waals surface area contributed by atoms with E-state index in [9.17, 15) is 22.4 Å². The number of nitrogens with zero attached hydrogens (tertiary/aromatic N) is 3. The zero-order valence-electron chi connectivity index (χ0n) is 13.8. The number of rotatable bonds is 5. The first-order valence-electron chi connectivity index (χ1n) is 7.58. The molecule has 0 saturated heterocycles. The number of hydrogen-bond donors (Lipinski definition) is 1. The molecule has 0 aliphatic heterocycles. The molecular weight excluding hydrogens is 368 g/mol. The smallest absolute Gasteiger partial charge is 0.387 e. The molecule has 10 heteroatoms. The van der Waals surface area contributed by atoms with Gasteiger partial charge in [-0.25, -0.2) is 13.5 Å². The molecule has 0 bridgehead atoms. The fourth-order valence-electron chi connectivity index (χ4n) is 2.37. The summed E-state index contributed by atoms with van der Waals surface area (Å²) in [5.41, 5.74) is 0.664. The lowest BCUT2D eigenvalue weighted by Gasteiger charge is -2.07. The van der Waals surface area contributed by atoms with Crippen LogP contribution in [0.15, 0.2) is 42.5 Å². The maximum atomic E-state index is 13.2. The monoisotopic (exact) mass is 380 g/mol. The number of nitrogens with one attached hydrogen (secondary N) is 1. The third kappa shape index (κ3) is 4.22. The van der Waals surface area contributed by atoms with E-state index in [0.29, 0.717) is 17.4 Å². The summed E-state index contributed by atoms with van der Waals surface area (Å²) in [6.45, 7) is -1.38. The Kier molecular flexibility index (Phi) is 5.06. The summed E-state index contributed by atoms with van der Waals surface area (Å²) in [4.78, 5) is 12.3. The van der Waals surface area contributed by atoms with Gasteiger partial charge in [0.25, 0.3) is 5.91 Å². The molecule has 3 rings (SSSR count). The molecule has 1 amide bonds. The van der Waals surface area contributed by atoms with Gasteiger partial charge in [-0.3, -0.25) is 4.79 Å². The summed E-state index contributed by atoms with van der Waals surface area (Å²) in [6.07, 6.45) is 0. The lowest BCUT2D eigenvalue weighted by molar-refractivity contribution is -0.0498. The van der Waals surface area contributed by atoms with E-state index >= 15 is 0 Å². The summed E-state index contributed by atoms with van der Waals surface area (Å²) in [5.74, 6) is -2.41. The molecule has 0 saturated carbocycles. The number of ether oxygens (including phenoxy) is 1. The minimum atomic E-state index is -2.94. The highest BCUT2D eigenvalue weighted by molar-refractivity contribution is 6.03. The van der Waals surface area contributed by atoms with Gasteiger partial charge >= 0.3 is 6.61 Å². The van der Waals surface area contributed by atoms with Gasteiger partial charge in [0, 0.05) is 11.8 Å². The highest BCUT2D eigenvalue weighted by Gasteiger charge is 2.18. The molecule has 1 aromatic heterocycles. The highest BCUT2D eigenvalue weighted by Crippen LogP contribution is 2.19. The van der Waals surface area contributed by atoms with E-state index in [1.807, 2.05) is 0 Å². The molecule has 0 radical (unpaired) electrons. The predicted molar refractivity (Wildman–Crippen MR) is 87.0 cm³/mol. The Morgan fingerprint density at radius 1 is 1.11 bits per heavy atom. The summed E-state index contributed by atoms with van der Waals surface area (Å²) >= 11 is 0. The molecular formula is C17H12F4N4O2. The fraction of sp³-hybridized carbons (Fsp3) is 0.118. The van der Waals surface area contributed by atoms with Gasteiger partial charge in [0.2, 0.25) is 0 Å². The number of alkyl halides is 2. The van der Waals surface area contributed by atoms with E-state index in [0.717, 1.165) is 12.1 Å². The molecule has 0 atom stereocenters. The molecule has 2 aromatic carbocycles. The Labute approximate surface area is 150 Å². The van der Waals surface area contributed by atoms with Crippen LogP contribution in [0, 0.1) is 18.6 Å². The number of hydrogen-bond acceptors (Lipinski definition) is 4. The van der Waals surface area contributed by atoms with Gasteiger partial charge in [-0.2, -0.15) is 8.78 Å². The fourth-order valence-corrected chi connectivity index (χ4v) is 2.37. The molecule has 0 aliphatic carbocycles. The summed E-state index contributed by atoms with van der Waals surface area (Å²) in [7, 11) is 0. The number of carbonyl (C=O) groups excluding carboxylic acids is 1. The third-order valence-corrected chi connectivity index (χ3v) is 3.54. The molecule has 140 valence electrons. The van der Waals surface area contributed by atoms with E-state index in [-0.39, 0.29) is 17.1 Å². The van der Waals surface area contributed by atoms with Gasteiger partial charge in [-0.1, -0.05) is 5.21 Å². The number of halogens is 4. The van der Waals surface area contributed by atoms with Crippen molar-refractivity contribution in [2.45, 2.75) is 13.5 Å². The van der Waals surface area contributed by atoms with Crippen LogP contribution in [0.2, 0.25) is 0 Å². The van der Waals surface area contributed by atoms with Crippen LogP contribution in [0.3, 0.4) is 0 Å². The van der Waals surface area contributed by atoms with Crippen LogP contribution in [0.25, 0.3) is 5.69 Å². The average molecular weight is 380 g/mol. The molecule has 3 aromatic rings. The van der Waals surface area contributed by atoms with Crippen LogP contribution in [-0.4, -0.2) is 27.5 Å². The Morgan fingerprint density at radius 2 is 1.74 bits per heavy atom. The van der Waals surface area contributed by atoms with E-state index in [2.05, 4.69) is 20.4 Å². The number of amides is 1. The molecule has 0 spiro atoms. The van der Waals surface area contributed by atoms with E-state index in [1.54, 1.807) is 6.92 Å². The maximum absolute atomic E-state index is 13.2. The number of anilines is 1. The second-order valence-corrected chi connectivity index (χ2v) is 5.42. The van der Waals surface area contributed by atoms with Crippen molar-refractivity contribution in [2.75, 3.05) is 5.32 Å². The van der Waals surface area contributed by atoms with Crippen LogP contribution in [-0.2, 0) is 0 Å². The largest absolute Gasteiger partial charge is 0.435 e. The number of benzene rings is 2. The molecule has 27 heavy (non-hydrogen) atoms. The first kappa shape index (κ1) is 18.4. The quantitative estimate of drug-likeness (QED) is 0.686. The predicted octanol–water partition coefficient (Wildman–Crippen LogP) is 3.71. The highest BCUT2D eigenvalue weighted by atomic mass is 19.3. The van der Waals surface area contributed by atoms with Crippen molar-refractivity contribution < 1.29 is 27.1 Å². The SMILES string of the molecule is Cc1c(C(=O)Nc2cc(F)cc(F)c2)nnn1-c1ccc(OC(F)F)cc1. The molecule has 0 unspecified atom stereocenters. The minimum Gasteiger partial charge on any atom is -0.435 e. The van der Waals surface area contributed by atoms with Crippen LogP contribution in [0.5, 0.6) is 5.75 Å².